The minimum absolute atomic E-state index is 0.195. The van der Waals surface area contributed by atoms with Crippen LogP contribution in [0, 0.1) is 5.82 Å². The lowest BCUT2D eigenvalue weighted by Gasteiger charge is -2.16. The highest BCUT2D eigenvalue weighted by atomic mass is 32.1. The number of hydrogen-bond acceptors (Lipinski definition) is 4. The van der Waals surface area contributed by atoms with Crippen LogP contribution in [0.5, 0.6) is 11.5 Å². The fraction of sp³-hybridized carbons (Fsp3) is 0.286. The molecule has 2 rings (SSSR count). The predicted octanol–water partition coefficient (Wildman–Crippen LogP) is 3.21. The van der Waals surface area contributed by atoms with E-state index in [-0.39, 0.29) is 11.9 Å². The normalized spacial score (nSPS) is 12.2. The third kappa shape index (κ3) is 2.88. The molecule has 19 heavy (non-hydrogen) atoms. The molecule has 0 radical (unpaired) electrons. The first-order chi connectivity index (χ1) is 9.19. The largest absolute Gasteiger partial charge is 0.497 e. The van der Waals surface area contributed by atoms with Crippen LogP contribution in [0.3, 0.4) is 0 Å². The Morgan fingerprint density at radius 3 is 2.42 bits per heavy atom. The lowest BCUT2D eigenvalue weighted by molar-refractivity contribution is 0.410. The summed E-state index contributed by atoms with van der Waals surface area (Å²) in [4.78, 5) is 1.00. The lowest BCUT2D eigenvalue weighted by Crippen LogP contribution is -2.17. The molecule has 1 aromatic carbocycles. The zero-order valence-electron chi connectivity index (χ0n) is 11.1. The van der Waals surface area contributed by atoms with Gasteiger partial charge in [-0.1, -0.05) is 6.07 Å². The first-order valence-corrected chi connectivity index (χ1v) is 6.70. The monoisotopic (exact) mass is 281 g/mol. The van der Waals surface area contributed by atoms with Crippen LogP contribution in [0.15, 0.2) is 29.6 Å². The van der Waals surface area contributed by atoms with Crippen LogP contribution in [-0.4, -0.2) is 21.3 Å². The minimum Gasteiger partial charge on any atom is -0.497 e. The molecule has 1 N–H and O–H groups in total. The quantitative estimate of drug-likeness (QED) is 0.913. The van der Waals surface area contributed by atoms with Crippen molar-refractivity contribution in [3.05, 3.63) is 45.9 Å². The van der Waals surface area contributed by atoms with E-state index in [4.69, 9.17) is 9.47 Å². The Hall–Kier alpha value is -1.59. The topological polar surface area (TPSA) is 30.5 Å². The summed E-state index contributed by atoms with van der Waals surface area (Å²) >= 11 is 1.53. The molecule has 0 aliphatic heterocycles. The van der Waals surface area contributed by atoms with Crippen LogP contribution in [0.1, 0.15) is 16.5 Å². The molecule has 0 spiro atoms. The van der Waals surface area contributed by atoms with Crippen LogP contribution in [0.25, 0.3) is 0 Å². The number of nitrogens with one attached hydrogen (secondary N) is 1. The Balaban J connectivity index is 2.36. The molecule has 0 saturated heterocycles. The SMILES string of the molecule is CNC(c1cc(OC)cs1)c1ccc(OC)cc1F. The molecule has 1 unspecified atom stereocenters. The van der Waals surface area contributed by atoms with Gasteiger partial charge in [-0.15, -0.1) is 11.3 Å². The van der Waals surface area contributed by atoms with E-state index >= 15 is 0 Å². The highest BCUT2D eigenvalue weighted by molar-refractivity contribution is 7.10. The first-order valence-electron chi connectivity index (χ1n) is 5.82. The van der Waals surface area contributed by atoms with Crippen LogP contribution in [-0.2, 0) is 0 Å². The van der Waals surface area contributed by atoms with Crippen molar-refractivity contribution in [2.24, 2.45) is 0 Å². The third-order valence-corrected chi connectivity index (χ3v) is 3.90. The van der Waals surface area contributed by atoms with Gasteiger partial charge in [0.2, 0.25) is 0 Å². The Morgan fingerprint density at radius 1 is 1.16 bits per heavy atom. The number of rotatable bonds is 5. The van der Waals surface area contributed by atoms with Crippen molar-refractivity contribution >= 4 is 11.3 Å². The molecule has 0 fully saturated rings. The van der Waals surface area contributed by atoms with Gasteiger partial charge in [0.1, 0.15) is 17.3 Å². The minimum atomic E-state index is -0.286. The number of ether oxygens (including phenoxy) is 2. The first kappa shape index (κ1) is 13.8. The zero-order valence-corrected chi connectivity index (χ0v) is 11.9. The molecule has 0 aliphatic carbocycles. The number of hydrogen-bond donors (Lipinski definition) is 1. The van der Waals surface area contributed by atoms with E-state index in [1.807, 2.05) is 11.4 Å². The Bertz CT molecular complexity index is 556. The molecular weight excluding hydrogens is 265 g/mol. The number of methoxy groups -OCH3 is 2. The summed E-state index contributed by atoms with van der Waals surface area (Å²) in [5, 5.41) is 5.03. The summed E-state index contributed by atoms with van der Waals surface area (Å²) in [7, 11) is 4.95. The summed E-state index contributed by atoms with van der Waals surface area (Å²) in [6, 6.07) is 6.61. The van der Waals surface area contributed by atoms with E-state index in [1.54, 1.807) is 26.3 Å². The second kappa shape index (κ2) is 6.04. The van der Waals surface area contributed by atoms with E-state index in [1.165, 1.54) is 24.5 Å². The van der Waals surface area contributed by atoms with Gasteiger partial charge in [-0.05, 0) is 19.2 Å². The highest BCUT2D eigenvalue weighted by Gasteiger charge is 2.18. The van der Waals surface area contributed by atoms with Crippen molar-refractivity contribution < 1.29 is 13.9 Å². The van der Waals surface area contributed by atoms with Crippen molar-refractivity contribution in [3.8, 4) is 11.5 Å². The molecule has 5 heteroatoms. The van der Waals surface area contributed by atoms with Crippen molar-refractivity contribution in [1.82, 2.24) is 5.32 Å². The predicted molar refractivity (Wildman–Crippen MR) is 74.7 cm³/mol. The van der Waals surface area contributed by atoms with Gasteiger partial charge in [-0.3, -0.25) is 0 Å². The van der Waals surface area contributed by atoms with Crippen molar-refractivity contribution in [2.75, 3.05) is 21.3 Å². The third-order valence-electron chi connectivity index (χ3n) is 2.92. The second-order valence-corrected chi connectivity index (χ2v) is 4.94. The van der Waals surface area contributed by atoms with E-state index < -0.39 is 0 Å². The Kier molecular flexibility index (Phi) is 4.39. The van der Waals surface area contributed by atoms with E-state index in [9.17, 15) is 4.39 Å². The van der Waals surface area contributed by atoms with E-state index in [2.05, 4.69) is 5.32 Å². The van der Waals surface area contributed by atoms with Crippen LogP contribution in [0.4, 0.5) is 4.39 Å². The molecule has 0 aliphatic rings. The molecule has 0 amide bonds. The molecule has 1 heterocycles. The number of thiophene rings is 1. The summed E-state index contributed by atoms with van der Waals surface area (Å²) in [6.07, 6.45) is 0. The fourth-order valence-electron chi connectivity index (χ4n) is 1.91. The Morgan fingerprint density at radius 2 is 1.89 bits per heavy atom. The molecule has 2 aromatic rings. The standard InChI is InChI=1S/C14H16FNO2S/c1-16-14(13-7-10(18-3)8-19-13)11-5-4-9(17-2)6-12(11)15/h4-8,14,16H,1-3H3. The van der Waals surface area contributed by atoms with Gasteiger partial charge in [0, 0.05) is 21.9 Å². The van der Waals surface area contributed by atoms with Gasteiger partial charge in [-0.25, -0.2) is 4.39 Å². The molecule has 3 nitrogen and oxygen atoms in total. The van der Waals surface area contributed by atoms with Crippen LogP contribution >= 0.6 is 11.3 Å². The summed E-state index contributed by atoms with van der Waals surface area (Å²) < 4.78 is 24.3. The van der Waals surface area contributed by atoms with Gasteiger partial charge < -0.3 is 14.8 Å². The average molecular weight is 281 g/mol. The summed E-state index contributed by atoms with van der Waals surface area (Å²) in [6.45, 7) is 0. The second-order valence-electron chi connectivity index (χ2n) is 4.00. The number of benzene rings is 1. The maximum absolute atomic E-state index is 14.1. The van der Waals surface area contributed by atoms with E-state index in [0.29, 0.717) is 11.3 Å². The molecule has 1 aromatic heterocycles. The van der Waals surface area contributed by atoms with Crippen LogP contribution < -0.4 is 14.8 Å². The lowest BCUT2D eigenvalue weighted by atomic mass is 10.0. The van der Waals surface area contributed by atoms with Crippen molar-refractivity contribution in [1.29, 1.82) is 0 Å². The van der Waals surface area contributed by atoms with Gasteiger partial charge in [0.05, 0.1) is 20.3 Å². The van der Waals surface area contributed by atoms with Gasteiger partial charge in [-0.2, -0.15) is 0 Å². The maximum Gasteiger partial charge on any atom is 0.132 e. The molecule has 0 bridgehead atoms. The smallest absolute Gasteiger partial charge is 0.132 e. The van der Waals surface area contributed by atoms with Gasteiger partial charge in [0.15, 0.2) is 0 Å². The molecule has 0 saturated carbocycles. The van der Waals surface area contributed by atoms with Crippen molar-refractivity contribution in [3.63, 3.8) is 0 Å². The van der Waals surface area contributed by atoms with E-state index in [0.717, 1.165) is 10.6 Å². The Labute approximate surface area is 116 Å². The summed E-state index contributed by atoms with van der Waals surface area (Å²) in [5.74, 6) is 1.01. The average Bonchev–Trinajstić information content (AvgIpc) is 2.90. The molecule has 1 atom stereocenters. The zero-order chi connectivity index (χ0) is 13.8. The molecular formula is C14H16FNO2S. The maximum atomic E-state index is 14.1. The summed E-state index contributed by atoms with van der Waals surface area (Å²) in [5.41, 5.74) is 0.591. The van der Waals surface area contributed by atoms with Gasteiger partial charge in [0.25, 0.3) is 0 Å². The number of halogens is 1. The molecule has 102 valence electrons. The van der Waals surface area contributed by atoms with Crippen LogP contribution in [0.2, 0.25) is 0 Å². The fourth-order valence-corrected chi connectivity index (χ4v) is 2.89. The highest BCUT2D eigenvalue weighted by Crippen LogP contribution is 2.32. The van der Waals surface area contributed by atoms with Gasteiger partial charge >= 0.3 is 0 Å². The van der Waals surface area contributed by atoms with Crippen molar-refractivity contribution in [2.45, 2.75) is 6.04 Å².